The van der Waals surface area contributed by atoms with Crippen LogP contribution in [-0.2, 0) is 20.0 Å². The first kappa shape index (κ1) is 10.7. The second-order valence-electron chi connectivity index (χ2n) is 3.75. The van der Waals surface area contributed by atoms with Gasteiger partial charge in [-0.25, -0.2) is 4.98 Å². The van der Waals surface area contributed by atoms with Crippen LogP contribution in [-0.4, -0.2) is 19.9 Å². The molecule has 0 aliphatic rings. The summed E-state index contributed by atoms with van der Waals surface area (Å²) < 4.78 is 3.74. The Morgan fingerprint density at radius 2 is 2.25 bits per heavy atom. The number of carbonyl (C=O) groups excluding carboxylic acids is 1. The quantitative estimate of drug-likeness (QED) is 0.731. The standard InChI is InChI=1S/C12H15N3O/c1-3-12-13-6-8-15(12)9-11(16)10-5-4-7-14(10)2/h4-8H,3,9H2,1-2H3. The van der Waals surface area contributed by atoms with Gasteiger partial charge in [0.25, 0.3) is 0 Å². The summed E-state index contributed by atoms with van der Waals surface area (Å²) in [5, 5.41) is 0. The van der Waals surface area contributed by atoms with E-state index >= 15 is 0 Å². The highest BCUT2D eigenvalue weighted by Gasteiger charge is 2.11. The van der Waals surface area contributed by atoms with Crippen LogP contribution in [0.25, 0.3) is 0 Å². The number of aromatic nitrogens is 3. The highest BCUT2D eigenvalue weighted by molar-refractivity contribution is 5.94. The Morgan fingerprint density at radius 3 is 2.88 bits per heavy atom. The maximum absolute atomic E-state index is 12.0. The molecule has 2 rings (SSSR count). The first-order valence-corrected chi connectivity index (χ1v) is 5.37. The summed E-state index contributed by atoms with van der Waals surface area (Å²) in [6.07, 6.45) is 6.30. The van der Waals surface area contributed by atoms with Crippen LogP contribution in [0.3, 0.4) is 0 Å². The van der Waals surface area contributed by atoms with Gasteiger partial charge in [0.15, 0.2) is 5.78 Å². The molecule has 0 saturated heterocycles. The molecule has 0 aliphatic heterocycles. The molecule has 0 radical (unpaired) electrons. The van der Waals surface area contributed by atoms with Crippen molar-refractivity contribution in [1.82, 2.24) is 14.1 Å². The second kappa shape index (κ2) is 4.35. The lowest BCUT2D eigenvalue weighted by Gasteiger charge is -2.06. The van der Waals surface area contributed by atoms with E-state index in [4.69, 9.17) is 0 Å². The molecule has 2 aromatic rings. The normalized spacial score (nSPS) is 10.6. The van der Waals surface area contributed by atoms with Crippen LogP contribution < -0.4 is 0 Å². The van der Waals surface area contributed by atoms with Crippen LogP contribution in [0.1, 0.15) is 23.2 Å². The molecule has 0 aromatic carbocycles. The number of imidazole rings is 1. The van der Waals surface area contributed by atoms with E-state index < -0.39 is 0 Å². The van der Waals surface area contributed by atoms with E-state index in [9.17, 15) is 4.79 Å². The van der Waals surface area contributed by atoms with Gasteiger partial charge in [0.2, 0.25) is 0 Å². The fourth-order valence-electron chi connectivity index (χ4n) is 1.78. The highest BCUT2D eigenvalue weighted by atomic mass is 16.1. The van der Waals surface area contributed by atoms with Gasteiger partial charge in [-0.05, 0) is 12.1 Å². The number of hydrogen-bond donors (Lipinski definition) is 0. The fraction of sp³-hybridized carbons (Fsp3) is 0.333. The van der Waals surface area contributed by atoms with Crippen molar-refractivity contribution < 1.29 is 4.79 Å². The van der Waals surface area contributed by atoms with Gasteiger partial charge in [0.05, 0.1) is 12.2 Å². The molecule has 0 bridgehead atoms. The molecule has 2 heterocycles. The molecule has 2 aromatic heterocycles. The van der Waals surface area contributed by atoms with Gasteiger partial charge in [0.1, 0.15) is 5.82 Å². The van der Waals surface area contributed by atoms with E-state index in [1.54, 1.807) is 6.20 Å². The molecule has 0 atom stereocenters. The van der Waals surface area contributed by atoms with E-state index in [1.807, 2.05) is 47.6 Å². The zero-order valence-corrected chi connectivity index (χ0v) is 9.55. The third kappa shape index (κ3) is 1.91. The number of aryl methyl sites for hydroxylation is 2. The molecule has 0 N–H and O–H groups in total. The van der Waals surface area contributed by atoms with Crippen molar-refractivity contribution in [1.29, 1.82) is 0 Å². The molecule has 0 spiro atoms. The summed E-state index contributed by atoms with van der Waals surface area (Å²) in [7, 11) is 1.88. The Bertz CT molecular complexity index is 496. The van der Waals surface area contributed by atoms with Crippen LogP contribution >= 0.6 is 0 Å². The van der Waals surface area contributed by atoms with Gasteiger partial charge >= 0.3 is 0 Å². The number of nitrogens with zero attached hydrogens (tertiary/aromatic N) is 3. The zero-order chi connectivity index (χ0) is 11.5. The largest absolute Gasteiger partial charge is 0.348 e. The van der Waals surface area contributed by atoms with E-state index in [-0.39, 0.29) is 5.78 Å². The van der Waals surface area contributed by atoms with Crippen LogP contribution in [0.2, 0.25) is 0 Å². The first-order valence-electron chi connectivity index (χ1n) is 5.37. The number of hydrogen-bond acceptors (Lipinski definition) is 2. The molecule has 0 unspecified atom stereocenters. The average Bonchev–Trinajstić information content (AvgIpc) is 2.86. The molecule has 4 heteroatoms. The Kier molecular flexibility index (Phi) is 2.90. The predicted molar refractivity (Wildman–Crippen MR) is 61.3 cm³/mol. The highest BCUT2D eigenvalue weighted by Crippen LogP contribution is 2.05. The summed E-state index contributed by atoms with van der Waals surface area (Å²) in [5.41, 5.74) is 0.732. The van der Waals surface area contributed by atoms with Crippen LogP contribution in [0.15, 0.2) is 30.7 Å². The monoisotopic (exact) mass is 217 g/mol. The van der Waals surface area contributed by atoms with E-state index in [2.05, 4.69) is 4.98 Å². The lowest BCUT2D eigenvalue weighted by atomic mass is 10.3. The number of rotatable bonds is 4. The topological polar surface area (TPSA) is 39.8 Å². The Morgan fingerprint density at radius 1 is 1.44 bits per heavy atom. The maximum Gasteiger partial charge on any atom is 0.198 e. The summed E-state index contributed by atoms with van der Waals surface area (Å²) in [6.45, 7) is 2.40. The maximum atomic E-state index is 12.0. The van der Waals surface area contributed by atoms with E-state index in [0.29, 0.717) is 6.54 Å². The molecule has 0 saturated carbocycles. The van der Waals surface area contributed by atoms with Crippen molar-refractivity contribution in [3.05, 3.63) is 42.2 Å². The SMILES string of the molecule is CCc1nccn1CC(=O)c1cccn1C. The average molecular weight is 217 g/mol. The van der Waals surface area contributed by atoms with Crippen molar-refractivity contribution >= 4 is 5.78 Å². The molecule has 84 valence electrons. The summed E-state index contributed by atoms with van der Waals surface area (Å²) in [5.74, 6) is 1.06. The Balaban J connectivity index is 2.17. The summed E-state index contributed by atoms with van der Waals surface area (Å²) >= 11 is 0. The molecule has 16 heavy (non-hydrogen) atoms. The summed E-state index contributed by atoms with van der Waals surface area (Å²) in [4.78, 5) is 16.2. The molecular formula is C12H15N3O. The van der Waals surface area contributed by atoms with Crippen LogP contribution in [0, 0.1) is 0 Å². The minimum absolute atomic E-state index is 0.111. The Hall–Kier alpha value is -1.84. The van der Waals surface area contributed by atoms with E-state index in [0.717, 1.165) is 17.9 Å². The van der Waals surface area contributed by atoms with Crippen molar-refractivity contribution in [3.63, 3.8) is 0 Å². The smallest absolute Gasteiger partial charge is 0.198 e. The minimum Gasteiger partial charge on any atom is -0.348 e. The fourth-order valence-corrected chi connectivity index (χ4v) is 1.78. The molecule has 0 amide bonds. The van der Waals surface area contributed by atoms with Crippen molar-refractivity contribution in [2.24, 2.45) is 7.05 Å². The van der Waals surface area contributed by atoms with Gasteiger partial charge in [0, 0.05) is 32.1 Å². The van der Waals surface area contributed by atoms with Crippen molar-refractivity contribution in [2.45, 2.75) is 19.9 Å². The van der Waals surface area contributed by atoms with Gasteiger partial charge in [-0.3, -0.25) is 4.79 Å². The van der Waals surface area contributed by atoms with Gasteiger partial charge in [-0.15, -0.1) is 0 Å². The molecular weight excluding hydrogens is 202 g/mol. The van der Waals surface area contributed by atoms with Crippen molar-refractivity contribution in [3.8, 4) is 0 Å². The summed E-state index contributed by atoms with van der Waals surface area (Å²) in [6, 6.07) is 3.72. The van der Waals surface area contributed by atoms with Gasteiger partial charge < -0.3 is 9.13 Å². The van der Waals surface area contributed by atoms with Crippen LogP contribution in [0.4, 0.5) is 0 Å². The molecule has 0 aliphatic carbocycles. The number of carbonyl (C=O) groups is 1. The van der Waals surface area contributed by atoms with Crippen molar-refractivity contribution in [2.75, 3.05) is 0 Å². The molecule has 0 fully saturated rings. The van der Waals surface area contributed by atoms with Crippen LogP contribution in [0.5, 0.6) is 0 Å². The number of ketones is 1. The number of Topliss-reactive ketones (excluding diaryl/α,β-unsaturated/α-hetero) is 1. The third-order valence-electron chi connectivity index (χ3n) is 2.66. The second-order valence-corrected chi connectivity index (χ2v) is 3.75. The van der Waals surface area contributed by atoms with Gasteiger partial charge in [-0.2, -0.15) is 0 Å². The lowest BCUT2D eigenvalue weighted by Crippen LogP contribution is -2.14. The zero-order valence-electron chi connectivity index (χ0n) is 9.55. The Labute approximate surface area is 94.5 Å². The third-order valence-corrected chi connectivity index (χ3v) is 2.66. The molecule has 4 nitrogen and oxygen atoms in total. The predicted octanol–water partition coefficient (Wildman–Crippen LogP) is 1.67. The van der Waals surface area contributed by atoms with E-state index in [1.165, 1.54) is 0 Å². The minimum atomic E-state index is 0.111. The first-order chi connectivity index (χ1) is 7.72. The van der Waals surface area contributed by atoms with Gasteiger partial charge in [-0.1, -0.05) is 6.92 Å². The lowest BCUT2D eigenvalue weighted by molar-refractivity contribution is 0.0963.